The van der Waals surface area contributed by atoms with Crippen LogP contribution >= 0.6 is 0 Å². The number of rotatable bonds is 3. The highest BCUT2D eigenvalue weighted by atomic mass is 14.9. The van der Waals surface area contributed by atoms with E-state index in [2.05, 4.69) is 25.8 Å². The number of hydrogen-bond acceptors (Lipinski definition) is 1. The average molecular weight is 196 g/mol. The lowest BCUT2D eigenvalue weighted by atomic mass is 9.85. The third-order valence-corrected chi connectivity index (χ3v) is 3.28. The van der Waals surface area contributed by atoms with E-state index in [1.807, 2.05) is 0 Å². The fourth-order valence-electron chi connectivity index (χ4n) is 2.11. The Morgan fingerprint density at radius 1 is 1.14 bits per heavy atom. The highest BCUT2D eigenvalue weighted by Crippen LogP contribution is 2.27. The minimum absolute atomic E-state index is 0.390. The Kier molecular flexibility index (Phi) is 4.43. The van der Waals surface area contributed by atoms with Crippen LogP contribution in [0, 0.1) is 11.8 Å². The molecular weight excluding hydrogens is 172 g/mol. The van der Waals surface area contributed by atoms with Crippen molar-refractivity contribution in [3.63, 3.8) is 0 Å². The van der Waals surface area contributed by atoms with E-state index in [1.54, 1.807) is 0 Å². The molecule has 2 nitrogen and oxygen atoms in total. The summed E-state index contributed by atoms with van der Waals surface area (Å²) < 4.78 is 0. The second-order valence-electron chi connectivity index (χ2n) is 4.85. The lowest BCUT2D eigenvalue weighted by Crippen LogP contribution is -2.25. The minimum atomic E-state index is 0.390. The Labute approximate surface area is 88.0 Å². The molecule has 0 amide bonds. The fourth-order valence-corrected chi connectivity index (χ4v) is 2.11. The molecule has 0 aromatic heterocycles. The molecule has 0 aliphatic heterocycles. The Hall–Kier alpha value is -0.530. The van der Waals surface area contributed by atoms with Crippen molar-refractivity contribution in [2.45, 2.75) is 58.9 Å². The van der Waals surface area contributed by atoms with E-state index in [-0.39, 0.29) is 0 Å². The lowest BCUT2D eigenvalue weighted by molar-refractivity contribution is 0.317. The molecule has 0 spiro atoms. The molecule has 1 rings (SSSR count). The zero-order valence-corrected chi connectivity index (χ0v) is 9.79. The van der Waals surface area contributed by atoms with E-state index in [4.69, 9.17) is 5.73 Å². The summed E-state index contributed by atoms with van der Waals surface area (Å²) in [6.45, 7) is 6.42. The molecule has 1 unspecified atom stereocenters. The van der Waals surface area contributed by atoms with Crippen molar-refractivity contribution in [3.8, 4) is 0 Å². The van der Waals surface area contributed by atoms with Crippen LogP contribution in [0.4, 0.5) is 0 Å². The van der Waals surface area contributed by atoms with Gasteiger partial charge in [0.05, 0.1) is 11.9 Å². The van der Waals surface area contributed by atoms with Crippen LogP contribution in [-0.4, -0.2) is 11.9 Å². The van der Waals surface area contributed by atoms with Gasteiger partial charge in [0.1, 0.15) is 0 Å². The molecule has 0 aromatic rings. The van der Waals surface area contributed by atoms with Crippen molar-refractivity contribution < 1.29 is 0 Å². The molecule has 2 heteroatoms. The summed E-state index contributed by atoms with van der Waals surface area (Å²) in [6.07, 6.45) is 6.86. The summed E-state index contributed by atoms with van der Waals surface area (Å²) in [6, 6.07) is 0.428. The first-order valence-electron chi connectivity index (χ1n) is 5.94. The molecule has 0 bridgehead atoms. The summed E-state index contributed by atoms with van der Waals surface area (Å²) in [4.78, 5) is 4.59. The number of aliphatic imine (C=N–C) groups is 1. The van der Waals surface area contributed by atoms with Crippen molar-refractivity contribution in [1.82, 2.24) is 0 Å². The molecule has 1 aliphatic carbocycles. The van der Waals surface area contributed by atoms with Crippen molar-refractivity contribution in [3.05, 3.63) is 0 Å². The maximum Gasteiger partial charge on any atom is 0.0966 e. The summed E-state index contributed by atoms with van der Waals surface area (Å²) in [5, 5.41) is 0. The maximum absolute atomic E-state index is 5.87. The van der Waals surface area contributed by atoms with Gasteiger partial charge in [-0.2, -0.15) is 0 Å². The Morgan fingerprint density at radius 3 is 2.21 bits per heavy atom. The number of hydrogen-bond donors (Lipinski definition) is 1. The Balaban J connectivity index is 2.47. The van der Waals surface area contributed by atoms with Crippen LogP contribution in [-0.2, 0) is 0 Å². The quantitative estimate of drug-likeness (QED) is 0.547. The predicted molar refractivity (Wildman–Crippen MR) is 62.5 cm³/mol. The van der Waals surface area contributed by atoms with Crippen LogP contribution in [0.5, 0.6) is 0 Å². The third-order valence-electron chi connectivity index (χ3n) is 3.28. The summed E-state index contributed by atoms with van der Waals surface area (Å²) in [5.74, 6) is 1.99. The van der Waals surface area contributed by atoms with Gasteiger partial charge in [-0.3, -0.25) is 4.99 Å². The molecule has 0 radical (unpaired) electrons. The smallest absolute Gasteiger partial charge is 0.0966 e. The molecule has 0 heterocycles. The van der Waals surface area contributed by atoms with Crippen molar-refractivity contribution in [2.24, 2.45) is 22.6 Å². The van der Waals surface area contributed by atoms with Gasteiger partial charge in [0.2, 0.25) is 0 Å². The van der Waals surface area contributed by atoms with Crippen molar-refractivity contribution in [2.75, 3.05) is 0 Å². The highest BCUT2D eigenvalue weighted by molar-refractivity contribution is 5.82. The first-order chi connectivity index (χ1) is 6.61. The van der Waals surface area contributed by atoms with Crippen LogP contribution in [0.1, 0.15) is 52.9 Å². The molecule has 82 valence electrons. The number of nitrogens with zero attached hydrogens (tertiary/aromatic N) is 1. The molecule has 1 saturated carbocycles. The molecule has 1 fully saturated rings. The highest BCUT2D eigenvalue weighted by Gasteiger charge is 2.19. The summed E-state index contributed by atoms with van der Waals surface area (Å²) in [7, 11) is 0. The summed E-state index contributed by atoms with van der Waals surface area (Å²) in [5.41, 5.74) is 5.87. The van der Waals surface area contributed by atoms with E-state index in [1.165, 1.54) is 32.1 Å². The molecule has 1 atom stereocenters. The van der Waals surface area contributed by atoms with E-state index in [9.17, 15) is 0 Å². The SMILES string of the molecule is CC(C)C(N)=NC(C)C1CCCCC1. The lowest BCUT2D eigenvalue weighted by Gasteiger charge is -2.25. The third kappa shape index (κ3) is 3.32. The van der Waals surface area contributed by atoms with E-state index in [0.29, 0.717) is 12.0 Å². The van der Waals surface area contributed by atoms with Gasteiger partial charge in [0.25, 0.3) is 0 Å². The van der Waals surface area contributed by atoms with Gasteiger partial charge in [-0.1, -0.05) is 33.1 Å². The Bertz CT molecular complexity index is 190. The number of amidine groups is 1. The van der Waals surface area contributed by atoms with E-state index < -0.39 is 0 Å². The van der Waals surface area contributed by atoms with Gasteiger partial charge < -0.3 is 5.73 Å². The van der Waals surface area contributed by atoms with Crippen LogP contribution in [0.15, 0.2) is 4.99 Å². The molecule has 0 saturated heterocycles. The minimum Gasteiger partial charge on any atom is -0.387 e. The normalized spacial score (nSPS) is 22.7. The average Bonchev–Trinajstić information content (AvgIpc) is 2.19. The first kappa shape index (κ1) is 11.5. The maximum atomic E-state index is 5.87. The monoisotopic (exact) mass is 196 g/mol. The number of nitrogens with two attached hydrogens (primary N) is 1. The Morgan fingerprint density at radius 2 is 1.71 bits per heavy atom. The van der Waals surface area contributed by atoms with Crippen LogP contribution in [0.2, 0.25) is 0 Å². The van der Waals surface area contributed by atoms with Crippen LogP contribution in [0.25, 0.3) is 0 Å². The van der Waals surface area contributed by atoms with Gasteiger partial charge in [-0.25, -0.2) is 0 Å². The zero-order valence-electron chi connectivity index (χ0n) is 9.79. The topological polar surface area (TPSA) is 38.4 Å². The van der Waals surface area contributed by atoms with Crippen molar-refractivity contribution >= 4 is 5.84 Å². The van der Waals surface area contributed by atoms with Gasteiger partial charge in [-0.05, 0) is 25.7 Å². The molecule has 1 aliphatic rings. The fraction of sp³-hybridized carbons (Fsp3) is 0.917. The second-order valence-corrected chi connectivity index (χ2v) is 4.85. The van der Waals surface area contributed by atoms with Gasteiger partial charge in [0.15, 0.2) is 0 Å². The second kappa shape index (κ2) is 5.38. The standard InChI is InChI=1S/C12H24N2/c1-9(2)12(13)14-10(3)11-7-5-4-6-8-11/h9-11H,4-8H2,1-3H3,(H2,13,14). The van der Waals surface area contributed by atoms with Gasteiger partial charge in [0, 0.05) is 5.92 Å². The molecular formula is C12H24N2. The van der Waals surface area contributed by atoms with E-state index >= 15 is 0 Å². The van der Waals surface area contributed by atoms with Gasteiger partial charge >= 0.3 is 0 Å². The largest absolute Gasteiger partial charge is 0.387 e. The first-order valence-corrected chi connectivity index (χ1v) is 5.94. The van der Waals surface area contributed by atoms with Crippen LogP contribution < -0.4 is 5.73 Å². The summed E-state index contributed by atoms with van der Waals surface area (Å²) >= 11 is 0. The molecule has 0 aromatic carbocycles. The predicted octanol–water partition coefficient (Wildman–Crippen LogP) is 2.97. The zero-order chi connectivity index (χ0) is 10.6. The van der Waals surface area contributed by atoms with Crippen molar-refractivity contribution in [1.29, 1.82) is 0 Å². The van der Waals surface area contributed by atoms with E-state index in [0.717, 1.165) is 11.8 Å². The molecule has 14 heavy (non-hydrogen) atoms. The van der Waals surface area contributed by atoms with Gasteiger partial charge in [-0.15, -0.1) is 0 Å². The van der Waals surface area contributed by atoms with Crippen LogP contribution in [0.3, 0.4) is 0 Å². The molecule has 2 N–H and O–H groups in total.